The number of hydrogen-bond acceptors (Lipinski definition) is 6. The first-order valence-electron chi connectivity index (χ1n) is 8.43. The van der Waals surface area contributed by atoms with Crippen LogP contribution in [0, 0.1) is 6.92 Å². The summed E-state index contributed by atoms with van der Waals surface area (Å²) in [5.74, 6) is -2.04. The van der Waals surface area contributed by atoms with Gasteiger partial charge >= 0.3 is 5.97 Å². The third-order valence-electron chi connectivity index (χ3n) is 3.85. The zero-order valence-electron chi connectivity index (χ0n) is 15.3. The molecule has 1 aromatic heterocycles. The van der Waals surface area contributed by atoms with E-state index in [4.69, 9.17) is 22.1 Å². The van der Waals surface area contributed by atoms with Gasteiger partial charge < -0.3 is 15.8 Å². The van der Waals surface area contributed by atoms with E-state index in [0.717, 1.165) is 11.3 Å². The maximum Gasteiger partial charge on any atom is 0.341 e. The second kappa shape index (κ2) is 9.48. The smallest absolute Gasteiger partial charge is 0.341 e. The predicted octanol–water partition coefficient (Wildman–Crippen LogP) is 3.59. The molecule has 148 valence electrons. The number of carbonyl (C=O) groups excluding carboxylic acids is 4. The number of rotatable bonds is 8. The number of esters is 1. The van der Waals surface area contributed by atoms with Crippen molar-refractivity contribution in [1.29, 1.82) is 0 Å². The van der Waals surface area contributed by atoms with Crippen molar-refractivity contribution in [3.63, 3.8) is 0 Å². The number of ether oxygens (including phenoxy) is 1. The third-order valence-corrected chi connectivity index (χ3v) is 5.32. The quantitative estimate of drug-likeness (QED) is 0.498. The van der Waals surface area contributed by atoms with Gasteiger partial charge in [-0.3, -0.25) is 14.4 Å². The van der Waals surface area contributed by atoms with Crippen LogP contribution in [0.3, 0.4) is 0 Å². The number of nitrogens with one attached hydrogen (secondary N) is 1. The molecule has 0 radical (unpaired) electrons. The highest BCUT2D eigenvalue weighted by molar-refractivity contribution is 7.18. The highest BCUT2D eigenvalue weighted by Crippen LogP contribution is 2.33. The Bertz CT molecular complexity index is 921. The molecule has 0 saturated carbocycles. The third kappa shape index (κ3) is 5.17. The maximum absolute atomic E-state index is 12.3. The molecule has 3 N–H and O–H groups in total. The summed E-state index contributed by atoms with van der Waals surface area (Å²) >= 11 is 6.69. The summed E-state index contributed by atoms with van der Waals surface area (Å²) in [5.41, 5.74) is 6.22. The van der Waals surface area contributed by atoms with E-state index in [1.54, 1.807) is 38.1 Å². The summed E-state index contributed by atoms with van der Waals surface area (Å²) in [6.45, 7) is 3.35. The lowest BCUT2D eigenvalue weighted by atomic mass is 10.1. The molecule has 2 aromatic rings. The highest BCUT2D eigenvalue weighted by Gasteiger charge is 2.25. The van der Waals surface area contributed by atoms with Crippen molar-refractivity contribution < 1.29 is 23.9 Å². The van der Waals surface area contributed by atoms with Gasteiger partial charge in [-0.1, -0.05) is 11.6 Å². The summed E-state index contributed by atoms with van der Waals surface area (Å²) in [6, 6.07) is 6.37. The lowest BCUT2D eigenvalue weighted by Crippen LogP contribution is -2.16. The number of thiophene rings is 1. The number of anilines is 1. The SMILES string of the molecule is CCOC(=O)c1c(NC(=O)CCC(=O)c2ccc(Cl)cc2)sc(C(N)=O)c1C. The average Bonchev–Trinajstić information content (AvgIpc) is 2.96. The van der Waals surface area contributed by atoms with Crippen LogP contribution in [0.1, 0.15) is 55.7 Å². The molecule has 0 aliphatic heterocycles. The number of amides is 2. The number of benzene rings is 1. The number of primary amides is 1. The fourth-order valence-corrected chi connectivity index (χ4v) is 3.67. The number of carbonyl (C=O) groups is 4. The molecular weight excluding hydrogens is 404 g/mol. The standard InChI is InChI=1S/C19H19ClN2O5S/c1-3-27-19(26)15-10(2)16(17(21)25)28-18(15)22-14(24)9-8-13(23)11-4-6-12(20)7-5-11/h4-7H,3,8-9H2,1-2H3,(H2,21,25)(H,22,24). The molecular formula is C19H19ClN2O5S. The molecule has 7 nitrogen and oxygen atoms in total. The molecule has 0 aliphatic rings. The number of Topliss-reactive ketones (excluding diaryl/α,β-unsaturated/α-hetero) is 1. The van der Waals surface area contributed by atoms with Crippen LogP contribution < -0.4 is 11.1 Å². The van der Waals surface area contributed by atoms with Gasteiger partial charge in [-0.25, -0.2) is 4.79 Å². The second-order valence-corrected chi connectivity index (χ2v) is 7.28. The molecule has 1 aromatic carbocycles. The Morgan fingerprint density at radius 2 is 1.79 bits per heavy atom. The summed E-state index contributed by atoms with van der Waals surface area (Å²) in [7, 11) is 0. The van der Waals surface area contributed by atoms with Crippen LogP contribution >= 0.6 is 22.9 Å². The van der Waals surface area contributed by atoms with Gasteiger partial charge in [0.05, 0.1) is 17.0 Å². The lowest BCUT2D eigenvalue weighted by Gasteiger charge is -2.07. The average molecular weight is 423 g/mol. The lowest BCUT2D eigenvalue weighted by molar-refractivity contribution is -0.116. The van der Waals surface area contributed by atoms with Gasteiger partial charge in [-0.05, 0) is 43.7 Å². The Morgan fingerprint density at radius 1 is 1.14 bits per heavy atom. The van der Waals surface area contributed by atoms with Gasteiger partial charge in [0.15, 0.2) is 5.78 Å². The van der Waals surface area contributed by atoms with Crippen molar-refractivity contribution in [3.05, 3.63) is 50.9 Å². The maximum atomic E-state index is 12.3. The Morgan fingerprint density at radius 3 is 2.36 bits per heavy atom. The van der Waals surface area contributed by atoms with Crippen LogP contribution in [0.2, 0.25) is 5.02 Å². The Balaban J connectivity index is 2.11. The van der Waals surface area contributed by atoms with E-state index in [9.17, 15) is 19.2 Å². The first-order chi connectivity index (χ1) is 13.2. The number of nitrogens with two attached hydrogens (primary N) is 1. The van der Waals surface area contributed by atoms with Gasteiger partial charge in [-0.15, -0.1) is 11.3 Å². The number of halogens is 1. The zero-order valence-corrected chi connectivity index (χ0v) is 16.9. The first kappa shape index (κ1) is 21.6. The van der Waals surface area contributed by atoms with Crippen LogP contribution in [-0.2, 0) is 9.53 Å². The molecule has 28 heavy (non-hydrogen) atoms. The van der Waals surface area contributed by atoms with Crippen LogP contribution in [0.25, 0.3) is 0 Å². The largest absolute Gasteiger partial charge is 0.462 e. The van der Waals surface area contributed by atoms with E-state index in [-0.39, 0.29) is 40.7 Å². The van der Waals surface area contributed by atoms with E-state index in [2.05, 4.69) is 5.32 Å². The van der Waals surface area contributed by atoms with Crippen LogP contribution in [0.15, 0.2) is 24.3 Å². The fourth-order valence-electron chi connectivity index (χ4n) is 2.48. The monoisotopic (exact) mass is 422 g/mol. The summed E-state index contributed by atoms with van der Waals surface area (Å²) in [4.78, 5) is 48.4. The van der Waals surface area contributed by atoms with Crippen molar-refractivity contribution in [2.75, 3.05) is 11.9 Å². The highest BCUT2D eigenvalue weighted by atomic mass is 35.5. The minimum absolute atomic E-state index is 0.0186. The van der Waals surface area contributed by atoms with E-state index in [0.29, 0.717) is 16.1 Å². The van der Waals surface area contributed by atoms with Gasteiger partial charge in [-0.2, -0.15) is 0 Å². The van der Waals surface area contributed by atoms with E-state index < -0.39 is 17.8 Å². The van der Waals surface area contributed by atoms with Crippen molar-refractivity contribution in [2.45, 2.75) is 26.7 Å². The molecule has 2 amide bonds. The molecule has 9 heteroatoms. The molecule has 0 fully saturated rings. The molecule has 0 spiro atoms. The Kier molecular flexibility index (Phi) is 7.31. The van der Waals surface area contributed by atoms with Crippen LogP contribution in [-0.4, -0.2) is 30.2 Å². The number of hydrogen-bond donors (Lipinski definition) is 2. The summed E-state index contributed by atoms with van der Waals surface area (Å²) in [5, 5.41) is 3.27. The molecule has 0 saturated heterocycles. The van der Waals surface area contributed by atoms with E-state index in [1.165, 1.54) is 0 Å². The molecule has 0 aliphatic carbocycles. The topological polar surface area (TPSA) is 116 Å². The minimum Gasteiger partial charge on any atom is -0.462 e. The zero-order chi connectivity index (χ0) is 20.8. The van der Waals surface area contributed by atoms with Crippen molar-refractivity contribution in [2.24, 2.45) is 5.73 Å². The normalized spacial score (nSPS) is 10.4. The van der Waals surface area contributed by atoms with E-state index in [1.807, 2.05) is 0 Å². The van der Waals surface area contributed by atoms with Gasteiger partial charge in [0.1, 0.15) is 5.00 Å². The molecule has 2 rings (SSSR count). The van der Waals surface area contributed by atoms with Gasteiger partial charge in [0.25, 0.3) is 5.91 Å². The summed E-state index contributed by atoms with van der Waals surface area (Å²) < 4.78 is 4.99. The van der Waals surface area contributed by atoms with Gasteiger partial charge in [0, 0.05) is 23.4 Å². The first-order valence-corrected chi connectivity index (χ1v) is 9.63. The fraction of sp³-hybridized carbons (Fsp3) is 0.263. The van der Waals surface area contributed by atoms with Crippen molar-refractivity contribution >= 4 is 51.5 Å². The molecule has 1 heterocycles. The summed E-state index contributed by atoms with van der Waals surface area (Å²) in [6.07, 6.45) is -0.109. The molecule has 0 atom stereocenters. The van der Waals surface area contributed by atoms with Crippen molar-refractivity contribution in [3.8, 4) is 0 Å². The predicted molar refractivity (Wildman–Crippen MR) is 107 cm³/mol. The van der Waals surface area contributed by atoms with Gasteiger partial charge in [0.2, 0.25) is 5.91 Å². The molecule has 0 bridgehead atoms. The Labute approximate surface area is 170 Å². The number of ketones is 1. The van der Waals surface area contributed by atoms with Crippen LogP contribution in [0.5, 0.6) is 0 Å². The van der Waals surface area contributed by atoms with Crippen molar-refractivity contribution in [1.82, 2.24) is 0 Å². The molecule has 0 unspecified atom stereocenters. The Hall–Kier alpha value is -2.71. The van der Waals surface area contributed by atoms with Crippen LogP contribution in [0.4, 0.5) is 5.00 Å². The van der Waals surface area contributed by atoms with E-state index >= 15 is 0 Å². The minimum atomic E-state index is -0.702. The second-order valence-electron chi connectivity index (χ2n) is 5.82.